The van der Waals surface area contributed by atoms with Gasteiger partial charge in [0.25, 0.3) is 0 Å². The van der Waals surface area contributed by atoms with Crippen LogP contribution < -0.4 is 10.1 Å². The molecular weight excluding hydrogens is 414 g/mol. The molecule has 0 aliphatic heterocycles. The van der Waals surface area contributed by atoms with Crippen molar-refractivity contribution in [1.29, 1.82) is 0 Å². The average Bonchev–Trinajstić information content (AvgIpc) is 3.25. The van der Waals surface area contributed by atoms with E-state index in [0.29, 0.717) is 0 Å². The zero-order chi connectivity index (χ0) is 22.6. The molecule has 0 radical (unpaired) electrons. The number of nitrogens with one attached hydrogen (secondary N) is 1. The van der Waals surface area contributed by atoms with Crippen molar-refractivity contribution in [3.63, 3.8) is 0 Å². The molecule has 0 unspecified atom stereocenters. The second kappa shape index (κ2) is 9.24. The highest BCUT2D eigenvalue weighted by Crippen LogP contribution is 2.34. The van der Waals surface area contributed by atoms with E-state index in [1.165, 1.54) is 6.08 Å². The quantitative estimate of drug-likeness (QED) is 0.424. The Kier molecular flexibility index (Phi) is 5.85. The minimum Gasteiger partial charge on any atom is -0.457 e. The molecule has 2 aromatic carbocycles. The van der Waals surface area contributed by atoms with E-state index in [-0.39, 0.29) is 18.0 Å². The maximum absolute atomic E-state index is 11.6. The molecule has 1 amide bonds. The summed E-state index contributed by atoms with van der Waals surface area (Å²) < 4.78 is 7.95. The van der Waals surface area contributed by atoms with Crippen molar-refractivity contribution < 1.29 is 9.53 Å². The molecule has 0 spiro atoms. The minimum atomic E-state index is -0.113. The first-order chi connectivity index (χ1) is 16.2. The van der Waals surface area contributed by atoms with Crippen LogP contribution in [0.1, 0.15) is 31.7 Å². The molecule has 7 nitrogen and oxygen atoms in total. The fourth-order valence-electron chi connectivity index (χ4n) is 4.38. The Bertz CT molecular complexity index is 1260. The van der Waals surface area contributed by atoms with Crippen LogP contribution in [-0.4, -0.2) is 31.7 Å². The van der Waals surface area contributed by atoms with Crippen molar-refractivity contribution in [3.8, 4) is 22.8 Å². The summed E-state index contributed by atoms with van der Waals surface area (Å²) in [4.78, 5) is 20.4. The molecule has 1 saturated carbocycles. The normalized spacial score (nSPS) is 18.1. The summed E-state index contributed by atoms with van der Waals surface area (Å²) in [6.07, 6.45) is 8.36. The average molecular weight is 440 g/mol. The highest BCUT2D eigenvalue weighted by atomic mass is 16.5. The first-order valence-electron chi connectivity index (χ1n) is 11.2. The molecular formula is C26H25N5O2. The second-order valence-corrected chi connectivity index (χ2v) is 8.21. The number of nitrogens with zero attached hydrogens (tertiary/aromatic N) is 4. The molecule has 0 saturated heterocycles. The van der Waals surface area contributed by atoms with Crippen LogP contribution in [0.25, 0.3) is 22.3 Å². The van der Waals surface area contributed by atoms with Gasteiger partial charge in [0.2, 0.25) is 5.91 Å². The number of ether oxygens (including phenoxy) is 1. The lowest BCUT2D eigenvalue weighted by Gasteiger charge is -2.29. The van der Waals surface area contributed by atoms with E-state index in [1.807, 2.05) is 65.5 Å². The van der Waals surface area contributed by atoms with Gasteiger partial charge in [0.15, 0.2) is 5.65 Å². The number of carbonyl (C=O) groups excluding carboxylic acids is 1. The summed E-state index contributed by atoms with van der Waals surface area (Å²) in [5, 5.41) is 8.90. The van der Waals surface area contributed by atoms with Gasteiger partial charge in [0, 0.05) is 17.8 Å². The highest BCUT2D eigenvalue weighted by Gasteiger charge is 2.26. The molecule has 2 aromatic heterocycles. The lowest BCUT2D eigenvalue weighted by molar-refractivity contribution is -0.117. The third-order valence-corrected chi connectivity index (χ3v) is 6.05. The molecule has 2 heterocycles. The van der Waals surface area contributed by atoms with Gasteiger partial charge in [-0.3, -0.25) is 4.79 Å². The number of aromatic nitrogens is 4. The number of hydrogen-bond acceptors (Lipinski definition) is 5. The van der Waals surface area contributed by atoms with Gasteiger partial charge >= 0.3 is 0 Å². The summed E-state index contributed by atoms with van der Waals surface area (Å²) in [5.41, 5.74) is 2.68. The summed E-state index contributed by atoms with van der Waals surface area (Å²) >= 11 is 0. The molecule has 0 atom stereocenters. The van der Waals surface area contributed by atoms with Crippen LogP contribution in [0.5, 0.6) is 11.5 Å². The lowest BCUT2D eigenvalue weighted by atomic mass is 9.91. The van der Waals surface area contributed by atoms with Crippen molar-refractivity contribution >= 4 is 16.9 Å². The standard InChI is InChI=1S/C26H25N5O2/c1-2-24(32)29-19-10-12-20(13-11-19)31-26-23(16-27-17-28-26)25(30-31)18-8-14-22(15-9-18)33-21-6-4-3-5-7-21/h2-9,14-17,19-20H,1,10-13H2,(H,29,32). The van der Waals surface area contributed by atoms with Crippen LogP contribution in [0.4, 0.5) is 0 Å². The van der Waals surface area contributed by atoms with E-state index < -0.39 is 0 Å². The van der Waals surface area contributed by atoms with E-state index >= 15 is 0 Å². The molecule has 33 heavy (non-hydrogen) atoms. The van der Waals surface area contributed by atoms with Gasteiger partial charge in [0.05, 0.1) is 11.4 Å². The van der Waals surface area contributed by atoms with Crippen molar-refractivity contribution in [2.24, 2.45) is 0 Å². The van der Waals surface area contributed by atoms with Gasteiger partial charge in [-0.25, -0.2) is 14.6 Å². The van der Waals surface area contributed by atoms with Crippen molar-refractivity contribution in [1.82, 2.24) is 25.1 Å². The molecule has 1 aliphatic rings. The topological polar surface area (TPSA) is 81.9 Å². The summed E-state index contributed by atoms with van der Waals surface area (Å²) in [7, 11) is 0. The van der Waals surface area contributed by atoms with E-state index in [0.717, 1.165) is 59.5 Å². The van der Waals surface area contributed by atoms with Crippen LogP contribution in [-0.2, 0) is 4.79 Å². The maximum Gasteiger partial charge on any atom is 0.243 e. The molecule has 1 aliphatic carbocycles. The van der Waals surface area contributed by atoms with Gasteiger partial charge in [-0.2, -0.15) is 5.10 Å². The van der Waals surface area contributed by atoms with Crippen LogP contribution >= 0.6 is 0 Å². The van der Waals surface area contributed by atoms with Crippen molar-refractivity contribution in [2.75, 3.05) is 0 Å². The predicted octanol–water partition coefficient (Wildman–Crippen LogP) is 5.07. The van der Waals surface area contributed by atoms with Gasteiger partial charge in [-0.1, -0.05) is 24.8 Å². The van der Waals surface area contributed by atoms with Crippen molar-refractivity contribution in [2.45, 2.75) is 37.8 Å². The van der Waals surface area contributed by atoms with E-state index in [2.05, 4.69) is 21.9 Å². The third-order valence-electron chi connectivity index (χ3n) is 6.05. The fraction of sp³-hybridized carbons (Fsp3) is 0.231. The summed E-state index contributed by atoms with van der Waals surface area (Å²) in [6, 6.07) is 18.0. The molecule has 5 rings (SSSR count). The molecule has 7 heteroatoms. The smallest absolute Gasteiger partial charge is 0.243 e. The number of fused-ring (bicyclic) bond motifs is 1. The van der Waals surface area contributed by atoms with Crippen LogP contribution in [0.15, 0.2) is 79.8 Å². The fourth-order valence-corrected chi connectivity index (χ4v) is 4.38. The Balaban J connectivity index is 1.38. The number of amides is 1. The van der Waals surface area contributed by atoms with Gasteiger partial charge in [-0.05, 0) is 68.2 Å². The first kappa shape index (κ1) is 20.9. The summed E-state index contributed by atoms with van der Waals surface area (Å²) in [6.45, 7) is 3.53. The van der Waals surface area contributed by atoms with Crippen LogP contribution in [0.2, 0.25) is 0 Å². The Morgan fingerprint density at radius 3 is 2.48 bits per heavy atom. The first-order valence-corrected chi connectivity index (χ1v) is 11.2. The minimum absolute atomic E-state index is 0.113. The van der Waals surface area contributed by atoms with Gasteiger partial charge in [0.1, 0.15) is 23.5 Å². The summed E-state index contributed by atoms with van der Waals surface area (Å²) in [5.74, 6) is 1.45. The number of benzene rings is 2. The Morgan fingerprint density at radius 1 is 1.03 bits per heavy atom. The SMILES string of the molecule is C=CC(=O)NC1CCC(n2nc(-c3ccc(Oc4ccccc4)cc3)c3cncnc32)CC1. The molecule has 4 aromatic rings. The number of para-hydroxylation sites is 1. The largest absolute Gasteiger partial charge is 0.457 e. The highest BCUT2D eigenvalue weighted by molar-refractivity contribution is 5.90. The number of rotatable bonds is 6. The maximum atomic E-state index is 11.6. The number of hydrogen-bond donors (Lipinski definition) is 1. The Labute approximate surface area is 192 Å². The van der Waals surface area contributed by atoms with Crippen molar-refractivity contribution in [3.05, 3.63) is 79.8 Å². The zero-order valence-corrected chi connectivity index (χ0v) is 18.2. The molecule has 1 N–H and O–H groups in total. The Hall–Kier alpha value is -4.00. The van der Waals surface area contributed by atoms with E-state index in [4.69, 9.17) is 9.84 Å². The molecule has 166 valence electrons. The molecule has 1 fully saturated rings. The second-order valence-electron chi connectivity index (χ2n) is 8.21. The van der Waals surface area contributed by atoms with Crippen LogP contribution in [0.3, 0.4) is 0 Å². The number of carbonyl (C=O) groups is 1. The van der Waals surface area contributed by atoms with E-state index in [9.17, 15) is 4.79 Å². The lowest BCUT2D eigenvalue weighted by Crippen LogP contribution is -2.37. The third kappa shape index (κ3) is 4.48. The van der Waals surface area contributed by atoms with Crippen LogP contribution in [0, 0.1) is 0 Å². The predicted molar refractivity (Wildman–Crippen MR) is 127 cm³/mol. The monoisotopic (exact) mass is 439 g/mol. The Morgan fingerprint density at radius 2 is 1.76 bits per heavy atom. The van der Waals surface area contributed by atoms with Gasteiger partial charge in [-0.15, -0.1) is 0 Å². The zero-order valence-electron chi connectivity index (χ0n) is 18.2. The van der Waals surface area contributed by atoms with Gasteiger partial charge < -0.3 is 10.1 Å². The molecule has 0 bridgehead atoms. The van der Waals surface area contributed by atoms with E-state index in [1.54, 1.807) is 6.33 Å².